The van der Waals surface area contributed by atoms with Gasteiger partial charge >= 0.3 is 0 Å². The molecule has 4 aromatic rings. The average molecular weight is 426 g/mol. The fraction of sp³-hybridized carbons (Fsp3) is 0.217. The van der Waals surface area contributed by atoms with Gasteiger partial charge in [0.25, 0.3) is 0 Å². The third-order valence-corrected chi connectivity index (χ3v) is 6.02. The van der Waals surface area contributed by atoms with E-state index < -0.39 is 11.6 Å². The monoisotopic (exact) mass is 426 g/mol. The standard InChI is InChI=1S/C23H20F2N2O2S/c1-13-7-14(2)18(15(3)8-13)11-21(28)27(12-17-5-4-6-29-17)23-26-22-19(25)9-16(24)10-20(22)30-23/h4-10H,11-12H2,1-3H3. The molecule has 0 saturated heterocycles. The van der Waals surface area contributed by atoms with E-state index in [1.807, 2.05) is 32.9 Å². The first-order valence-electron chi connectivity index (χ1n) is 9.47. The zero-order chi connectivity index (χ0) is 21.4. The van der Waals surface area contributed by atoms with E-state index in [1.54, 1.807) is 12.1 Å². The van der Waals surface area contributed by atoms with Gasteiger partial charge in [-0.25, -0.2) is 13.8 Å². The number of fused-ring (bicyclic) bond motifs is 1. The number of amides is 1. The largest absolute Gasteiger partial charge is 0.467 e. The van der Waals surface area contributed by atoms with Crippen molar-refractivity contribution in [3.8, 4) is 0 Å². The summed E-state index contributed by atoms with van der Waals surface area (Å²) < 4.78 is 33.6. The fourth-order valence-electron chi connectivity index (χ4n) is 3.62. The van der Waals surface area contributed by atoms with Crippen LogP contribution in [-0.2, 0) is 17.8 Å². The number of aryl methyl sites for hydroxylation is 3. The van der Waals surface area contributed by atoms with Gasteiger partial charge < -0.3 is 4.42 Å². The van der Waals surface area contributed by atoms with Crippen molar-refractivity contribution >= 4 is 32.6 Å². The Hall–Kier alpha value is -3.06. The average Bonchev–Trinajstić information content (AvgIpc) is 3.32. The molecule has 4 nitrogen and oxygen atoms in total. The topological polar surface area (TPSA) is 46.3 Å². The molecule has 154 valence electrons. The Morgan fingerprint density at radius 3 is 2.53 bits per heavy atom. The predicted molar refractivity (Wildman–Crippen MR) is 114 cm³/mol. The maximum Gasteiger partial charge on any atom is 0.233 e. The summed E-state index contributed by atoms with van der Waals surface area (Å²) in [7, 11) is 0. The summed E-state index contributed by atoms with van der Waals surface area (Å²) in [6.07, 6.45) is 1.70. The van der Waals surface area contributed by atoms with Crippen LogP contribution in [0.5, 0.6) is 0 Å². The number of benzene rings is 2. The molecule has 2 aromatic carbocycles. The highest BCUT2D eigenvalue weighted by Gasteiger charge is 2.24. The Morgan fingerprint density at radius 2 is 1.87 bits per heavy atom. The lowest BCUT2D eigenvalue weighted by molar-refractivity contribution is -0.118. The van der Waals surface area contributed by atoms with Crippen LogP contribution in [0.15, 0.2) is 47.1 Å². The fourth-order valence-corrected chi connectivity index (χ4v) is 4.64. The van der Waals surface area contributed by atoms with Gasteiger partial charge in [-0.3, -0.25) is 9.69 Å². The van der Waals surface area contributed by atoms with Gasteiger partial charge in [0.2, 0.25) is 5.91 Å². The van der Waals surface area contributed by atoms with Crippen LogP contribution >= 0.6 is 11.3 Å². The SMILES string of the molecule is Cc1cc(C)c(CC(=O)N(Cc2ccco2)c2nc3c(F)cc(F)cc3s2)c(C)c1. The molecule has 0 aliphatic carbocycles. The Morgan fingerprint density at radius 1 is 1.13 bits per heavy atom. The van der Waals surface area contributed by atoms with Crippen LogP contribution < -0.4 is 4.90 Å². The molecule has 2 heterocycles. The number of carbonyl (C=O) groups excluding carboxylic acids is 1. The third-order valence-electron chi connectivity index (χ3n) is 5.00. The lowest BCUT2D eigenvalue weighted by Gasteiger charge is -2.20. The van der Waals surface area contributed by atoms with Crippen molar-refractivity contribution in [3.05, 3.63) is 82.3 Å². The second-order valence-electron chi connectivity index (χ2n) is 7.34. The Balaban J connectivity index is 1.73. The molecule has 0 N–H and O–H groups in total. The molecule has 0 saturated carbocycles. The van der Waals surface area contributed by atoms with Crippen LogP contribution in [-0.4, -0.2) is 10.9 Å². The van der Waals surface area contributed by atoms with E-state index in [4.69, 9.17) is 4.42 Å². The van der Waals surface area contributed by atoms with Crippen LogP contribution in [0.3, 0.4) is 0 Å². The van der Waals surface area contributed by atoms with Crippen molar-refractivity contribution in [2.45, 2.75) is 33.7 Å². The predicted octanol–water partition coefficient (Wildman–Crippen LogP) is 5.87. The van der Waals surface area contributed by atoms with Crippen molar-refractivity contribution in [1.29, 1.82) is 0 Å². The normalized spacial score (nSPS) is 11.2. The molecule has 30 heavy (non-hydrogen) atoms. The third kappa shape index (κ3) is 3.98. The van der Waals surface area contributed by atoms with E-state index in [0.717, 1.165) is 39.7 Å². The summed E-state index contributed by atoms with van der Waals surface area (Å²) in [4.78, 5) is 19.1. The van der Waals surface area contributed by atoms with Crippen molar-refractivity contribution in [3.63, 3.8) is 0 Å². The van der Waals surface area contributed by atoms with Gasteiger partial charge in [-0.1, -0.05) is 29.0 Å². The van der Waals surface area contributed by atoms with E-state index in [9.17, 15) is 13.6 Å². The molecule has 0 aliphatic heterocycles. The number of furan rings is 1. The van der Waals surface area contributed by atoms with E-state index >= 15 is 0 Å². The first-order valence-corrected chi connectivity index (χ1v) is 10.3. The number of aromatic nitrogens is 1. The van der Waals surface area contributed by atoms with Crippen LogP contribution in [0.4, 0.5) is 13.9 Å². The van der Waals surface area contributed by atoms with E-state index in [2.05, 4.69) is 4.98 Å². The minimum Gasteiger partial charge on any atom is -0.467 e. The van der Waals surface area contributed by atoms with Gasteiger partial charge in [0.15, 0.2) is 10.9 Å². The quantitative estimate of drug-likeness (QED) is 0.401. The van der Waals surface area contributed by atoms with Crippen molar-refractivity contribution in [2.75, 3.05) is 4.90 Å². The summed E-state index contributed by atoms with van der Waals surface area (Å²) in [6, 6.07) is 9.60. The molecular weight excluding hydrogens is 406 g/mol. The molecule has 0 bridgehead atoms. The van der Waals surface area contributed by atoms with E-state index in [1.165, 1.54) is 17.2 Å². The highest BCUT2D eigenvalue weighted by Crippen LogP contribution is 2.32. The number of rotatable bonds is 5. The number of hydrogen-bond donors (Lipinski definition) is 0. The Bertz CT molecular complexity index is 1210. The number of thiazole rings is 1. The van der Waals surface area contributed by atoms with Crippen molar-refractivity contribution in [1.82, 2.24) is 4.98 Å². The zero-order valence-electron chi connectivity index (χ0n) is 16.8. The number of hydrogen-bond acceptors (Lipinski definition) is 4. The van der Waals surface area contributed by atoms with Gasteiger partial charge in [-0.05, 0) is 55.7 Å². The summed E-state index contributed by atoms with van der Waals surface area (Å²) in [5, 5.41) is 0.304. The van der Waals surface area contributed by atoms with Crippen molar-refractivity contribution < 1.29 is 18.0 Å². The first-order chi connectivity index (χ1) is 14.3. The molecule has 0 spiro atoms. The molecule has 2 aromatic heterocycles. The van der Waals surface area contributed by atoms with Crippen LogP contribution in [0.25, 0.3) is 10.2 Å². The number of nitrogens with zero attached hydrogens (tertiary/aromatic N) is 2. The second kappa shape index (κ2) is 7.99. The molecule has 0 unspecified atom stereocenters. The lowest BCUT2D eigenvalue weighted by atomic mass is 9.97. The molecular formula is C23H20F2N2O2S. The number of anilines is 1. The minimum atomic E-state index is -0.747. The van der Waals surface area contributed by atoms with Gasteiger partial charge in [0, 0.05) is 6.07 Å². The highest BCUT2D eigenvalue weighted by atomic mass is 32.1. The summed E-state index contributed by atoms with van der Waals surface area (Å²) in [6.45, 7) is 6.13. The molecule has 4 rings (SSSR count). The van der Waals surface area contributed by atoms with Gasteiger partial charge in [-0.2, -0.15) is 0 Å². The van der Waals surface area contributed by atoms with Crippen molar-refractivity contribution in [2.24, 2.45) is 0 Å². The summed E-state index contributed by atoms with van der Waals surface area (Å²) >= 11 is 1.08. The molecule has 0 fully saturated rings. The van der Waals surface area contributed by atoms with Gasteiger partial charge in [-0.15, -0.1) is 0 Å². The Kier molecular flexibility index (Phi) is 5.39. The first kappa shape index (κ1) is 20.2. The zero-order valence-corrected chi connectivity index (χ0v) is 17.6. The molecule has 7 heteroatoms. The molecule has 1 amide bonds. The summed E-state index contributed by atoms with van der Waals surface area (Å²) in [5.74, 6) is -1.04. The molecule has 0 radical (unpaired) electrons. The smallest absolute Gasteiger partial charge is 0.233 e. The van der Waals surface area contributed by atoms with Crippen LogP contribution in [0.2, 0.25) is 0 Å². The number of carbonyl (C=O) groups is 1. The second-order valence-corrected chi connectivity index (χ2v) is 8.35. The number of halogens is 2. The van der Waals surface area contributed by atoms with E-state index in [0.29, 0.717) is 15.6 Å². The lowest BCUT2D eigenvalue weighted by Crippen LogP contribution is -2.32. The van der Waals surface area contributed by atoms with Crippen LogP contribution in [0, 0.1) is 32.4 Å². The molecule has 0 atom stereocenters. The maximum absolute atomic E-state index is 14.2. The molecule has 0 aliphatic rings. The van der Waals surface area contributed by atoms with E-state index in [-0.39, 0.29) is 24.4 Å². The maximum atomic E-state index is 14.2. The minimum absolute atomic E-state index is 0.0522. The Labute approximate surface area is 176 Å². The highest BCUT2D eigenvalue weighted by molar-refractivity contribution is 7.22. The van der Waals surface area contributed by atoms with Gasteiger partial charge in [0.1, 0.15) is 17.1 Å². The van der Waals surface area contributed by atoms with Gasteiger partial charge in [0.05, 0.1) is 23.9 Å². The summed E-state index contributed by atoms with van der Waals surface area (Å²) in [5.41, 5.74) is 4.22. The van der Waals surface area contributed by atoms with Crippen LogP contribution in [0.1, 0.15) is 28.0 Å².